The summed E-state index contributed by atoms with van der Waals surface area (Å²) in [6, 6.07) is 4.65. The van der Waals surface area contributed by atoms with Crippen molar-refractivity contribution in [3.8, 4) is 5.75 Å². The zero-order valence-corrected chi connectivity index (χ0v) is 9.58. The Bertz CT molecular complexity index is 439. The van der Waals surface area contributed by atoms with E-state index in [1.165, 1.54) is 24.3 Å². The van der Waals surface area contributed by atoms with Crippen LogP contribution >= 0.6 is 7.82 Å². The van der Waals surface area contributed by atoms with Gasteiger partial charge in [-0.15, -0.1) is 0 Å². The van der Waals surface area contributed by atoms with Gasteiger partial charge in [0.25, 0.3) is 0 Å². The number of nitrogens with two attached hydrogens (primary N) is 1. The number of hydrogen-bond acceptors (Lipinski definition) is 4. The lowest BCUT2D eigenvalue weighted by Gasteiger charge is -2.09. The summed E-state index contributed by atoms with van der Waals surface area (Å²) in [5.41, 5.74) is 5.97. The summed E-state index contributed by atoms with van der Waals surface area (Å²) in [5, 5.41) is 8.60. The van der Waals surface area contributed by atoms with Crippen LogP contribution in [0.5, 0.6) is 5.75 Å². The third-order valence-electron chi connectivity index (χ3n) is 1.92. The standard InChI is InChI=1S/C9H12NO6P/c10-8(9(11)12)5-6-1-3-7(4-2-6)16-17(13,14)15/h1-4,8H,5,10H2,(H,11,12)(H2,13,14,15)/t8-/m1/s1. The molecule has 0 saturated heterocycles. The topological polar surface area (TPSA) is 130 Å². The first-order chi connectivity index (χ1) is 7.78. The molecule has 0 aliphatic rings. The second-order valence-corrected chi connectivity index (χ2v) is 4.54. The van der Waals surface area contributed by atoms with E-state index in [9.17, 15) is 9.36 Å². The average molecular weight is 261 g/mol. The van der Waals surface area contributed by atoms with Crippen LogP contribution < -0.4 is 10.3 Å². The van der Waals surface area contributed by atoms with Gasteiger partial charge in [-0.3, -0.25) is 14.6 Å². The van der Waals surface area contributed by atoms with Gasteiger partial charge in [0.15, 0.2) is 0 Å². The highest BCUT2D eigenvalue weighted by molar-refractivity contribution is 7.46. The highest BCUT2D eigenvalue weighted by atomic mass is 31.2. The summed E-state index contributed by atoms with van der Waals surface area (Å²) in [7, 11) is -4.56. The maximum atomic E-state index is 10.5. The Morgan fingerprint density at radius 3 is 2.29 bits per heavy atom. The number of benzene rings is 1. The van der Waals surface area contributed by atoms with Gasteiger partial charge in [-0.1, -0.05) is 12.1 Å². The van der Waals surface area contributed by atoms with Gasteiger partial charge in [-0.05, 0) is 24.1 Å². The summed E-state index contributed by atoms with van der Waals surface area (Å²) in [5.74, 6) is -1.11. The fourth-order valence-electron chi connectivity index (χ4n) is 1.16. The third kappa shape index (κ3) is 4.97. The number of rotatable bonds is 5. The number of phosphoric ester groups is 1. The van der Waals surface area contributed by atoms with Gasteiger partial charge in [-0.2, -0.15) is 0 Å². The number of carboxylic acids is 1. The maximum absolute atomic E-state index is 10.5. The van der Waals surface area contributed by atoms with Gasteiger partial charge >= 0.3 is 13.8 Å². The van der Waals surface area contributed by atoms with Gasteiger partial charge in [0, 0.05) is 0 Å². The van der Waals surface area contributed by atoms with E-state index < -0.39 is 19.8 Å². The molecule has 1 aromatic rings. The lowest BCUT2D eigenvalue weighted by Crippen LogP contribution is -2.32. The SMILES string of the molecule is N[C@H](Cc1ccc(OP(=O)(O)O)cc1)C(=O)O. The molecule has 0 aromatic heterocycles. The van der Waals surface area contributed by atoms with Crippen LogP contribution in [-0.4, -0.2) is 26.9 Å². The van der Waals surface area contributed by atoms with Crippen LogP contribution in [0.1, 0.15) is 5.56 Å². The molecule has 17 heavy (non-hydrogen) atoms. The molecule has 94 valence electrons. The number of phosphoric acid groups is 1. The Balaban J connectivity index is 2.68. The molecule has 0 aliphatic carbocycles. The van der Waals surface area contributed by atoms with Crippen molar-refractivity contribution in [2.24, 2.45) is 5.73 Å². The predicted molar refractivity (Wildman–Crippen MR) is 58.4 cm³/mol. The Morgan fingerprint density at radius 2 is 1.88 bits per heavy atom. The van der Waals surface area contributed by atoms with E-state index >= 15 is 0 Å². The molecule has 0 bridgehead atoms. The first-order valence-electron chi connectivity index (χ1n) is 4.60. The minimum absolute atomic E-state index is 0.00554. The van der Waals surface area contributed by atoms with Gasteiger partial charge in [-0.25, -0.2) is 4.57 Å². The number of carbonyl (C=O) groups is 1. The van der Waals surface area contributed by atoms with Crippen LogP contribution in [0.2, 0.25) is 0 Å². The van der Waals surface area contributed by atoms with Crippen LogP contribution in [0.4, 0.5) is 0 Å². The van der Waals surface area contributed by atoms with E-state index in [-0.39, 0.29) is 12.2 Å². The normalized spacial score (nSPS) is 13.1. The monoisotopic (exact) mass is 261 g/mol. The fourth-order valence-corrected chi connectivity index (χ4v) is 1.56. The van der Waals surface area contributed by atoms with E-state index in [0.29, 0.717) is 5.56 Å². The average Bonchev–Trinajstić information content (AvgIpc) is 2.18. The van der Waals surface area contributed by atoms with Gasteiger partial charge in [0.05, 0.1) is 0 Å². The van der Waals surface area contributed by atoms with Crippen molar-refractivity contribution in [2.75, 3.05) is 0 Å². The molecule has 0 unspecified atom stereocenters. The van der Waals surface area contributed by atoms with Crippen LogP contribution in [0, 0.1) is 0 Å². The van der Waals surface area contributed by atoms with Crippen molar-refractivity contribution in [1.82, 2.24) is 0 Å². The smallest absolute Gasteiger partial charge is 0.480 e. The van der Waals surface area contributed by atoms with Crippen molar-refractivity contribution < 1.29 is 28.8 Å². The van der Waals surface area contributed by atoms with Crippen molar-refractivity contribution in [3.63, 3.8) is 0 Å². The third-order valence-corrected chi connectivity index (χ3v) is 2.37. The van der Waals surface area contributed by atoms with Crippen LogP contribution in [0.25, 0.3) is 0 Å². The molecule has 8 heteroatoms. The van der Waals surface area contributed by atoms with E-state index in [1.807, 2.05) is 0 Å². The molecular weight excluding hydrogens is 249 g/mol. The van der Waals surface area contributed by atoms with E-state index in [4.69, 9.17) is 20.6 Å². The van der Waals surface area contributed by atoms with Crippen molar-refractivity contribution in [1.29, 1.82) is 0 Å². The lowest BCUT2D eigenvalue weighted by molar-refractivity contribution is -0.138. The summed E-state index contributed by atoms with van der Waals surface area (Å²) in [6.45, 7) is 0. The van der Waals surface area contributed by atoms with Gasteiger partial charge < -0.3 is 15.4 Å². The Kier molecular flexibility index (Phi) is 4.25. The molecule has 1 rings (SSSR count). The van der Waals surface area contributed by atoms with Gasteiger partial charge in [0.1, 0.15) is 11.8 Å². The summed E-state index contributed by atoms with van der Waals surface area (Å²) >= 11 is 0. The molecule has 7 nitrogen and oxygen atoms in total. The second-order valence-electron chi connectivity index (χ2n) is 3.37. The Morgan fingerprint density at radius 1 is 1.35 bits per heavy atom. The zero-order valence-electron chi connectivity index (χ0n) is 8.68. The molecule has 0 saturated carbocycles. The maximum Gasteiger partial charge on any atom is 0.524 e. The van der Waals surface area contributed by atoms with E-state index in [1.54, 1.807) is 0 Å². The first kappa shape index (κ1) is 13.7. The highest BCUT2D eigenvalue weighted by Crippen LogP contribution is 2.37. The Hall–Kier alpha value is -1.40. The van der Waals surface area contributed by atoms with Crippen LogP contribution in [-0.2, 0) is 15.8 Å². The minimum Gasteiger partial charge on any atom is -0.480 e. The van der Waals surface area contributed by atoms with Crippen LogP contribution in [0.15, 0.2) is 24.3 Å². The molecule has 0 fully saturated rings. The first-order valence-corrected chi connectivity index (χ1v) is 6.13. The molecule has 0 radical (unpaired) electrons. The molecule has 0 aliphatic heterocycles. The number of hydrogen-bond donors (Lipinski definition) is 4. The largest absolute Gasteiger partial charge is 0.524 e. The number of carboxylic acid groups (broad SMARTS) is 1. The van der Waals surface area contributed by atoms with E-state index in [2.05, 4.69) is 4.52 Å². The molecule has 1 atom stereocenters. The summed E-state index contributed by atoms with van der Waals surface area (Å²) in [6.07, 6.45) is 0.130. The fraction of sp³-hybridized carbons (Fsp3) is 0.222. The van der Waals surface area contributed by atoms with Crippen molar-refractivity contribution in [3.05, 3.63) is 29.8 Å². The highest BCUT2D eigenvalue weighted by Gasteiger charge is 2.16. The summed E-state index contributed by atoms with van der Waals surface area (Å²) < 4.78 is 14.9. The summed E-state index contributed by atoms with van der Waals surface area (Å²) in [4.78, 5) is 27.6. The molecule has 0 amide bonds. The van der Waals surface area contributed by atoms with Crippen molar-refractivity contribution in [2.45, 2.75) is 12.5 Å². The molecule has 1 aromatic carbocycles. The quantitative estimate of drug-likeness (QED) is 0.553. The molecule has 5 N–H and O–H groups in total. The molecule has 0 heterocycles. The predicted octanol–water partition coefficient (Wildman–Crippen LogP) is 0.113. The zero-order chi connectivity index (χ0) is 13.1. The van der Waals surface area contributed by atoms with Crippen LogP contribution in [0.3, 0.4) is 0 Å². The Labute approximate surface area is 97.1 Å². The van der Waals surface area contributed by atoms with E-state index in [0.717, 1.165) is 0 Å². The van der Waals surface area contributed by atoms with Gasteiger partial charge in [0.2, 0.25) is 0 Å². The van der Waals surface area contributed by atoms with Crippen molar-refractivity contribution >= 4 is 13.8 Å². The lowest BCUT2D eigenvalue weighted by atomic mass is 10.1. The molecule has 0 spiro atoms. The number of aliphatic carboxylic acids is 1. The second kappa shape index (κ2) is 5.29. The minimum atomic E-state index is -4.56. The molecular formula is C9H12NO6P.